The van der Waals surface area contributed by atoms with Gasteiger partial charge in [-0.05, 0) is 36.6 Å². The van der Waals surface area contributed by atoms with Crippen molar-refractivity contribution in [2.75, 3.05) is 0 Å². The Morgan fingerprint density at radius 1 is 0.941 bits per heavy atom. The third kappa shape index (κ3) is 5.56. The summed E-state index contributed by atoms with van der Waals surface area (Å²) in [5.74, 6) is -2.88. The van der Waals surface area contributed by atoms with Crippen LogP contribution in [0.15, 0.2) is 60.9 Å². The molecule has 9 heteroatoms. The predicted molar refractivity (Wildman–Crippen MR) is 127 cm³/mol. The molecule has 2 aromatic heterocycles. The van der Waals surface area contributed by atoms with Gasteiger partial charge in [-0.3, -0.25) is 29.1 Å². The summed E-state index contributed by atoms with van der Waals surface area (Å²) in [5, 5.41) is 3.31. The summed E-state index contributed by atoms with van der Waals surface area (Å²) >= 11 is 0. The van der Waals surface area contributed by atoms with Crippen molar-refractivity contribution >= 4 is 34.2 Å². The van der Waals surface area contributed by atoms with E-state index in [1.807, 2.05) is 13.8 Å². The first-order chi connectivity index (χ1) is 16.1. The minimum absolute atomic E-state index is 0.0389. The first kappa shape index (κ1) is 24.8. The molecule has 0 bridgehead atoms. The fourth-order valence-corrected chi connectivity index (χ4v) is 3.54. The largest absolute Gasteiger partial charge is 0.341 e. The number of nitrogens with zero attached hydrogens (tertiary/aromatic N) is 2. The smallest absolute Gasteiger partial charge is 0.270 e. The van der Waals surface area contributed by atoms with Crippen LogP contribution in [-0.2, 0) is 9.59 Å². The van der Waals surface area contributed by atoms with Gasteiger partial charge in [0.2, 0.25) is 5.78 Å². The number of hydrogen-bond acceptors (Lipinski definition) is 8. The fraction of sp³-hybridized carbons (Fsp3) is 0.280. The van der Waals surface area contributed by atoms with Crippen molar-refractivity contribution < 1.29 is 19.2 Å². The quantitative estimate of drug-likeness (QED) is 0.234. The van der Waals surface area contributed by atoms with Crippen molar-refractivity contribution in [3.8, 4) is 0 Å². The molecule has 0 fully saturated rings. The van der Waals surface area contributed by atoms with Crippen molar-refractivity contribution in [3.05, 3.63) is 72.2 Å². The third-order valence-corrected chi connectivity index (χ3v) is 5.35. The molecule has 2 heterocycles. The van der Waals surface area contributed by atoms with Crippen LogP contribution in [0.4, 0.5) is 0 Å². The van der Waals surface area contributed by atoms with Crippen LogP contribution in [0.2, 0.25) is 0 Å². The van der Waals surface area contributed by atoms with E-state index in [1.54, 1.807) is 36.4 Å². The second-order valence-corrected chi connectivity index (χ2v) is 8.52. The molecule has 3 rings (SSSR count). The molecule has 0 radical (unpaired) electrons. The molecule has 1 aromatic carbocycles. The minimum atomic E-state index is -2.44. The van der Waals surface area contributed by atoms with Gasteiger partial charge in [-0.25, -0.2) is 0 Å². The van der Waals surface area contributed by atoms with Crippen molar-refractivity contribution in [3.63, 3.8) is 0 Å². The monoisotopic (exact) mass is 461 g/mol. The zero-order valence-electron chi connectivity index (χ0n) is 19.0. The number of aromatic nitrogens is 2. The highest BCUT2D eigenvalue weighted by atomic mass is 16.2. The molecular weight excluding hydrogens is 434 g/mol. The molecule has 3 aromatic rings. The van der Waals surface area contributed by atoms with Gasteiger partial charge in [-0.1, -0.05) is 38.1 Å². The Morgan fingerprint density at radius 3 is 2.32 bits per heavy atom. The van der Waals surface area contributed by atoms with Gasteiger partial charge in [0.25, 0.3) is 5.91 Å². The van der Waals surface area contributed by atoms with Crippen molar-refractivity contribution in [1.29, 1.82) is 0 Å². The Balaban J connectivity index is 1.78. The van der Waals surface area contributed by atoms with Crippen LogP contribution in [-0.4, -0.2) is 44.9 Å². The third-order valence-electron chi connectivity index (χ3n) is 5.35. The number of para-hydroxylation sites is 1. The highest BCUT2D eigenvalue weighted by Crippen LogP contribution is 2.20. The van der Waals surface area contributed by atoms with Crippen LogP contribution in [0.5, 0.6) is 0 Å². The Labute approximate surface area is 196 Å². The maximum atomic E-state index is 13.1. The molecule has 9 nitrogen and oxygen atoms in total. The molecule has 34 heavy (non-hydrogen) atoms. The van der Waals surface area contributed by atoms with E-state index in [1.165, 1.54) is 24.5 Å². The van der Waals surface area contributed by atoms with Crippen LogP contribution >= 0.6 is 0 Å². The summed E-state index contributed by atoms with van der Waals surface area (Å²) < 4.78 is 0. The predicted octanol–water partition coefficient (Wildman–Crippen LogP) is 1.80. The van der Waals surface area contributed by atoms with E-state index < -0.39 is 41.4 Å². The van der Waals surface area contributed by atoms with Gasteiger partial charge < -0.3 is 16.8 Å². The number of pyridine rings is 2. The molecule has 0 aliphatic rings. The first-order valence-electron chi connectivity index (χ1n) is 10.9. The highest BCUT2D eigenvalue weighted by molar-refractivity contribution is 6.24. The molecule has 176 valence electrons. The molecule has 0 saturated heterocycles. The number of fused-ring (bicyclic) bond motifs is 1. The Kier molecular flexibility index (Phi) is 7.60. The Hall–Kier alpha value is -3.82. The maximum absolute atomic E-state index is 13.1. The normalized spacial score (nSPS) is 12.4. The number of rotatable bonds is 10. The van der Waals surface area contributed by atoms with Gasteiger partial charge in [-0.15, -0.1) is 0 Å². The van der Waals surface area contributed by atoms with Crippen LogP contribution in [0.1, 0.15) is 47.5 Å². The molecule has 0 aliphatic carbocycles. The second-order valence-electron chi connectivity index (χ2n) is 8.52. The van der Waals surface area contributed by atoms with E-state index in [0.717, 1.165) is 0 Å². The number of nitrogens with one attached hydrogen (secondary N) is 1. The standard InChI is InChI=1S/C25H27N5O4/c1-15(2)13-19(30-24(34)18-10-3-4-11-28-18)20(31)14-21(32)25(26,27)23(33)17-9-5-7-16-8-6-12-29-22(16)17/h3-12,15,19H,13-14,26-27H2,1-2H3,(H,30,34)/t19-/m0/s1. The zero-order chi connectivity index (χ0) is 24.9. The van der Waals surface area contributed by atoms with Gasteiger partial charge in [0, 0.05) is 23.3 Å². The van der Waals surface area contributed by atoms with Gasteiger partial charge in [0.05, 0.1) is 18.0 Å². The topological polar surface area (TPSA) is 158 Å². The summed E-state index contributed by atoms with van der Waals surface area (Å²) in [4.78, 5) is 59.7. The molecule has 1 atom stereocenters. The average molecular weight is 462 g/mol. The molecule has 5 N–H and O–H groups in total. The molecule has 1 amide bonds. The number of carbonyl (C=O) groups is 4. The van der Waals surface area contributed by atoms with Gasteiger partial charge in [0.15, 0.2) is 17.2 Å². The number of ketones is 3. The van der Waals surface area contributed by atoms with E-state index in [-0.39, 0.29) is 23.6 Å². The van der Waals surface area contributed by atoms with Crippen LogP contribution in [0.25, 0.3) is 10.9 Å². The van der Waals surface area contributed by atoms with E-state index in [2.05, 4.69) is 15.3 Å². The summed E-state index contributed by atoms with van der Waals surface area (Å²) in [7, 11) is 0. The highest BCUT2D eigenvalue weighted by Gasteiger charge is 2.40. The average Bonchev–Trinajstić information content (AvgIpc) is 2.82. The van der Waals surface area contributed by atoms with Crippen molar-refractivity contribution in [2.45, 2.75) is 38.4 Å². The lowest BCUT2D eigenvalue weighted by molar-refractivity contribution is -0.130. The second kappa shape index (κ2) is 10.4. The molecule has 0 spiro atoms. The van der Waals surface area contributed by atoms with Crippen LogP contribution < -0.4 is 16.8 Å². The lowest BCUT2D eigenvalue weighted by Crippen LogP contribution is -2.63. The summed E-state index contributed by atoms with van der Waals surface area (Å²) in [6.45, 7) is 3.75. The van der Waals surface area contributed by atoms with Crippen molar-refractivity contribution in [1.82, 2.24) is 15.3 Å². The summed E-state index contributed by atoms with van der Waals surface area (Å²) in [6.07, 6.45) is 2.55. The minimum Gasteiger partial charge on any atom is -0.341 e. The summed E-state index contributed by atoms with van der Waals surface area (Å²) in [6, 6.07) is 12.2. The van der Waals surface area contributed by atoms with Gasteiger partial charge >= 0.3 is 0 Å². The molecule has 0 unspecified atom stereocenters. The fourth-order valence-electron chi connectivity index (χ4n) is 3.54. The van der Waals surface area contributed by atoms with E-state index >= 15 is 0 Å². The van der Waals surface area contributed by atoms with Gasteiger partial charge in [0.1, 0.15) is 5.69 Å². The molecular formula is C25H27N5O4. The molecule has 0 aliphatic heterocycles. The van der Waals surface area contributed by atoms with Crippen molar-refractivity contribution in [2.24, 2.45) is 17.4 Å². The number of nitrogens with two attached hydrogens (primary N) is 2. The SMILES string of the molecule is CC(C)C[C@H](NC(=O)c1ccccn1)C(=O)CC(=O)C(N)(N)C(=O)c1cccc2cccnc12. The van der Waals surface area contributed by atoms with E-state index in [9.17, 15) is 19.2 Å². The van der Waals surface area contributed by atoms with E-state index in [4.69, 9.17) is 11.5 Å². The Morgan fingerprint density at radius 2 is 1.65 bits per heavy atom. The van der Waals surface area contributed by atoms with Gasteiger partial charge in [-0.2, -0.15) is 0 Å². The lowest BCUT2D eigenvalue weighted by atomic mass is 9.89. The van der Waals surface area contributed by atoms with Crippen LogP contribution in [0.3, 0.4) is 0 Å². The number of hydrogen-bond donors (Lipinski definition) is 3. The first-order valence-corrected chi connectivity index (χ1v) is 10.9. The number of benzene rings is 1. The molecule has 0 saturated carbocycles. The Bertz CT molecular complexity index is 1220. The zero-order valence-corrected chi connectivity index (χ0v) is 19.0. The number of Topliss-reactive ketones (excluding diaryl/α,β-unsaturated/α-hetero) is 3. The maximum Gasteiger partial charge on any atom is 0.270 e. The lowest BCUT2D eigenvalue weighted by Gasteiger charge is -2.24. The summed E-state index contributed by atoms with van der Waals surface area (Å²) in [5.41, 5.74) is 10.1. The van der Waals surface area contributed by atoms with Crippen LogP contribution in [0, 0.1) is 5.92 Å². The number of carbonyl (C=O) groups excluding carboxylic acids is 4. The van der Waals surface area contributed by atoms with E-state index in [0.29, 0.717) is 10.9 Å². The number of amides is 1.